The van der Waals surface area contributed by atoms with Gasteiger partial charge in [0.1, 0.15) is 5.75 Å². The standard InChI is InChI=1S/C26H29NO5S/c1-27(23-14-16-24(29)17-15-23)26(30)21(18-28)11-7-10-20-8-5-6-9-22(20)19-33(31,32)25-12-3-2-4-13-25/h2-6,8-9,12-17,21,28-29H,7,10-11,18-19H2,1H3. The fourth-order valence-corrected chi connectivity index (χ4v) is 5.20. The molecule has 1 unspecified atom stereocenters. The number of phenolic OH excluding ortho intramolecular Hbond substituents is 1. The minimum absolute atomic E-state index is 0.0842. The molecule has 0 aromatic heterocycles. The molecule has 2 N–H and O–H groups in total. The molecule has 0 aliphatic rings. The number of hydrogen-bond acceptors (Lipinski definition) is 5. The number of rotatable bonds is 10. The van der Waals surface area contributed by atoms with E-state index in [0.29, 0.717) is 29.8 Å². The van der Waals surface area contributed by atoms with Gasteiger partial charge < -0.3 is 15.1 Å². The molecule has 0 fully saturated rings. The molecule has 7 heteroatoms. The van der Waals surface area contributed by atoms with E-state index in [-0.39, 0.29) is 24.0 Å². The summed E-state index contributed by atoms with van der Waals surface area (Å²) in [5.74, 6) is -0.738. The fraction of sp³-hybridized carbons (Fsp3) is 0.269. The zero-order chi connectivity index (χ0) is 23.8. The zero-order valence-electron chi connectivity index (χ0n) is 18.6. The van der Waals surface area contributed by atoms with E-state index in [1.54, 1.807) is 49.5 Å². The zero-order valence-corrected chi connectivity index (χ0v) is 19.4. The average Bonchev–Trinajstić information content (AvgIpc) is 2.83. The van der Waals surface area contributed by atoms with Crippen molar-refractivity contribution >= 4 is 21.4 Å². The lowest BCUT2D eigenvalue weighted by Crippen LogP contribution is -2.34. The van der Waals surface area contributed by atoms with E-state index in [1.165, 1.54) is 17.0 Å². The van der Waals surface area contributed by atoms with Crippen molar-refractivity contribution in [3.05, 3.63) is 90.0 Å². The third-order valence-electron chi connectivity index (χ3n) is 5.70. The maximum absolute atomic E-state index is 12.8. The number of anilines is 1. The fourth-order valence-electron chi connectivity index (χ4n) is 3.77. The normalized spacial score (nSPS) is 12.3. The molecule has 1 amide bonds. The Bertz CT molecular complexity index is 1160. The number of aliphatic hydroxyl groups excluding tert-OH is 1. The summed E-state index contributed by atoms with van der Waals surface area (Å²) < 4.78 is 25.6. The Balaban J connectivity index is 1.64. The van der Waals surface area contributed by atoms with Crippen molar-refractivity contribution in [1.82, 2.24) is 0 Å². The minimum atomic E-state index is -3.46. The summed E-state index contributed by atoms with van der Waals surface area (Å²) in [6.07, 6.45) is 1.70. The number of carbonyl (C=O) groups is 1. The number of aromatic hydroxyl groups is 1. The molecule has 3 rings (SSSR count). The molecule has 0 aliphatic carbocycles. The molecule has 0 saturated heterocycles. The quantitative estimate of drug-likeness (QED) is 0.471. The molecule has 174 valence electrons. The number of amides is 1. The van der Waals surface area contributed by atoms with E-state index < -0.39 is 15.8 Å². The highest BCUT2D eigenvalue weighted by molar-refractivity contribution is 7.90. The Hall–Kier alpha value is -3.16. The van der Waals surface area contributed by atoms with Crippen molar-refractivity contribution in [3.63, 3.8) is 0 Å². The summed E-state index contributed by atoms with van der Waals surface area (Å²) >= 11 is 0. The maximum Gasteiger partial charge on any atom is 0.232 e. The first-order chi connectivity index (χ1) is 15.8. The number of phenols is 1. The van der Waals surface area contributed by atoms with Crippen LogP contribution in [0.3, 0.4) is 0 Å². The lowest BCUT2D eigenvalue weighted by atomic mass is 9.97. The Morgan fingerprint density at radius 1 is 0.909 bits per heavy atom. The van der Waals surface area contributed by atoms with Crippen molar-refractivity contribution in [3.8, 4) is 5.75 Å². The van der Waals surface area contributed by atoms with Gasteiger partial charge in [0, 0.05) is 12.7 Å². The van der Waals surface area contributed by atoms with E-state index in [0.717, 1.165) is 11.1 Å². The second-order valence-corrected chi connectivity index (χ2v) is 10.0. The summed E-state index contributed by atoms with van der Waals surface area (Å²) in [6.45, 7) is -0.273. The van der Waals surface area contributed by atoms with Gasteiger partial charge in [-0.25, -0.2) is 8.42 Å². The monoisotopic (exact) mass is 467 g/mol. The van der Waals surface area contributed by atoms with Crippen LogP contribution in [0.5, 0.6) is 5.75 Å². The third kappa shape index (κ3) is 6.43. The van der Waals surface area contributed by atoms with E-state index >= 15 is 0 Å². The van der Waals surface area contributed by atoms with Crippen LogP contribution in [0.2, 0.25) is 0 Å². The molecule has 6 nitrogen and oxygen atoms in total. The highest BCUT2D eigenvalue weighted by Crippen LogP contribution is 2.23. The van der Waals surface area contributed by atoms with Crippen molar-refractivity contribution < 1.29 is 23.4 Å². The van der Waals surface area contributed by atoms with Crippen LogP contribution in [0.4, 0.5) is 5.69 Å². The summed E-state index contributed by atoms with van der Waals surface area (Å²) in [6, 6.07) is 22.1. The lowest BCUT2D eigenvalue weighted by Gasteiger charge is -2.23. The lowest BCUT2D eigenvalue weighted by molar-refractivity contribution is -0.123. The number of hydrogen-bond donors (Lipinski definition) is 2. The summed E-state index contributed by atoms with van der Waals surface area (Å²) in [4.78, 5) is 14.6. The topological polar surface area (TPSA) is 94.9 Å². The minimum Gasteiger partial charge on any atom is -0.508 e. The Morgan fingerprint density at radius 2 is 1.52 bits per heavy atom. The highest BCUT2D eigenvalue weighted by atomic mass is 32.2. The second kappa shape index (κ2) is 11.1. The first kappa shape index (κ1) is 24.5. The SMILES string of the molecule is CN(C(=O)C(CO)CCCc1ccccc1CS(=O)(=O)c1ccccc1)c1ccc(O)cc1. The van der Waals surface area contributed by atoms with E-state index in [1.807, 2.05) is 24.3 Å². The maximum atomic E-state index is 12.8. The number of benzene rings is 3. The molecule has 0 saturated carbocycles. The molecular formula is C26H29NO5S. The van der Waals surface area contributed by atoms with Crippen molar-refractivity contribution in [2.45, 2.75) is 29.9 Å². The Kier molecular flexibility index (Phi) is 8.25. The first-order valence-electron chi connectivity index (χ1n) is 10.8. The van der Waals surface area contributed by atoms with Gasteiger partial charge in [-0.1, -0.05) is 42.5 Å². The van der Waals surface area contributed by atoms with Gasteiger partial charge in [-0.2, -0.15) is 0 Å². The van der Waals surface area contributed by atoms with Gasteiger partial charge in [-0.3, -0.25) is 4.79 Å². The first-order valence-corrected chi connectivity index (χ1v) is 12.5. The largest absolute Gasteiger partial charge is 0.508 e. The van der Waals surface area contributed by atoms with E-state index in [2.05, 4.69) is 0 Å². The molecule has 33 heavy (non-hydrogen) atoms. The van der Waals surface area contributed by atoms with Crippen molar-refractivity contribution in [2.24, 2.45) is 5.92 Å². The molecule has 0 spiro atoms. The smallest absolute Gasteiger partial charge is 0.232 e. The van der Waals surface area contributed by atoms with Gasteiger partial charge in [-0.15, -0.1) is 0 Å². The Morgan fingerprint density at radius 3 is 2.15 bits per heavy atom. The van der Waals surface area contributed by atoms with Gasteiger partial charge in [0.05, 0.1) is 23.2 Å². The number of sulfone groups is 1. The predicted molar refractivity (Wildman–Crippen MR) is 129 cm³/mol. The van der Waals surface area contributed by atoms with Crippen LogP contribution < -0.4 is 4.90 Å². The van der Waals surface area contributed by atoms with Crippen LogP contribution in [-0.2, 0) is 26.8 Å². The van der Waals surface area contributed by atoms with Crippen molar-refractivity contribution in [1.29, 1.82) is 0 Å². The molecular weight excluding hydrogens is 438 g/mol. The molecule has 3 aromatic rings. The molecule has 0 bridgehead atoms. The van der Waals surface area contributed by atoms with Gasteiger partial charge >= 0.3 is 0 Å². The van der Waals surface area contributed by atoms with E-state index in [9.17, 15) is 23.4 Å². The van der Waals surface area contributed by atoms with E-state index in [4.69, 9.17) is 0 Å². The molecule has 0 heterocycles. The molecule has 0 radical (unpaired) electrons. The summed E-state index contributed by atoms with van der Waals surface area (Å²) in [7, 11) is -1.82. The van der Waals surface area contributed by atoms with Gasteiger partial charge in [0.25, 0.3) is 0 Å². The van der Waals surface area contributed by atoms with Crippen LogP contribution in [0.1, 0.15) is 24.0 Å². The average molecular weight is 468 g/mol. The predicted octanol–water partition coefficient (Wildman–Crippen LogP) is 3.96. The number of nitrogens with zero attached hydrogens (tertiary/aromatic N) is 1. The third-order valence-corrected chi connectivity index (χ3v) is 7.38. The number of carbonyl (C=O) groups excluding carboxylic acids is 1. The van der Waals surface area contributed by atoms with Crippen LogP contribution in [0.15, 0.2) is 83.8 Å². The summed E-state index contributed by atoms with van der Waals surface area (Å²) in [5, 5.41) is 19.2. The van der Waals surface area contributed by atoms with Crippen LogP contribution in [0, 0.1) is 5.92 Å². The van der Waals surface area contributed by atoms with Crippen molar-refractivity contribution in [2.75, 3.05) is 18.6 Å². The van der Waals surface area contributed by atoms with Gasteiger partial charge in [-0.05, 0) is 66.8 Å². The summed E-state index contributed by atoms with van der Waals surface area (Å²) in [5.41, 5.74) is 2.30. The van der Waals surface area contributed by atoms with Crippen LogP contribution in [0.25, 0.3) is 0 Å². The number of aryl methyl sites for hydroxylation is 1. The molecule has 0 aliphatic heterocycles. The number of aliphatic hydroxyl groups is 1. The second-order valence-electron chi connectivity index (χ2n) is 8.03. The van der Waals surface area contributed by atoms with Gasteiger partial charge in [0.2, 0.25) is 5.91 Å². The highest BCUT2D eigenvalue weighted by Gasteiger charge is 2.23. The van der Waals surface area contributed by atoms with Gasteiger partial charge in [0.15, 0.2) is 9.84 Å². The molecule has 3 aromatic carbocycles. The van der Waals surface area contributed by atoms with Crippen LogP contribution >= 0.6 is 0 Å². The Labute approximate surface area is 195 Å². The molecule has 1 atom stereocenters. The van der Waals surface area contributed by atoms with Crippen LogP contribution in [-0.4, -0.2) is 38.2 Å².